The number of rotatable bonds is 1. The number of halogens is 3. The van der Waals surface area contributed by atoms with E-state index >= 15 is 0 Å². The predicted molar refractivity (Wildman–Crippen MR) is 34.0 cm³/mol. The summed E-state index contributed by atoms with van der Waals surface area (Å²) >= 11 is 0. The SMILES string of the molecule is C#CCc1cc(C(F)(F)F)on1. The number of nitrogens with zero attached hydrogens (tertiary/aromatic N) is 1. The molecule has 0 aliphatic carbocycles. The van der Waals surface area contributed by atoms with Crippen LogP contribution in [0, 0.1) is 12.3 Å². The second-order valence-electron chi connectivity index (χ2n) is 2.06. The first-order valence-electron chi connectivity index (χ1n) is 3.00. The highest BCUT2D eigenvalue weighted by atomic mass is 19.4. The zero-order chi connectivity index (χ0) is 9.19. The Morgan fingerprint density at radius 2 is 2.25 bits per heavy atom. The van der Waals surface area contributed by atoms with Crippen LogP contribution in [0.2, 0.25) is 0 Å². The van der Waals surface area contributed by atoms with Crippen LogP contribution < -0.4 is 0 Å². The van der Waals surface area contributed by atoms with Gasteiger partial charge < -0.3 is 4.52 Å². The quantitative estimate of drug-likeness (QED) is 0.609. The van der Waals surface area contributed by atoms with Gasteiger partial charge in [-0.25, -0.2) is 0 Å². The maximum Gasteiger partial charge on any atom is 0.452 e. The number of hydrogen-bond donors (Lipinski definition) is 0. The topological polar surface area (TPSA) is 26.0 Å². The molecular weight excluding hydrogens is 171 g/mol. The first-order valence-corrected chi connectivity index (χ1v) is 3.00. The standard InChI is InChI=1S/C7H4F3NO/c1-2-3-5-4-6(12-11-5)7(8,9)10/h1,4H,3H2. The van der Waals surface area contributed by atoms with Crippen molar-refractivity contribution in [2.45, 2.75) is 12.6 Å². The largest absolute Gasteiger partial charge is 0.452 e. The molecule has 0 spiro atoms. The number of terminal acetylenes is 1. The Morgan fingerprint density at radius 1 is 1.58 bits per heavy atom. The van der Waals surface area contributed by atoms with Gasteiger partial charge in [0, 0.05) is 6.07 Å². The third-order valence-corrected chi connectivity index (χ3v) is 1.12. The summed E-state index contributed by atoms with van der Waals surface area (Å²) in [6.45, 7) is 0. The van der Waals surface area contributed by atoms with Gasteiger partial charge in [-0.15, -0.1) is 12.3 Å². The van der Waals surface area contributed by atoms with Crippen LogP contribution in [0.25, 0.3) is 0 Å². The number of alkyl halides is 3. The van der Waals surface area contributed by atoms with Crippen molar-refractivity contribution in [3.63, 3.8) is 0 Å². The summed E-state index contributed by atoms with van der Waals surface area (Å²) in [5, 5.41) is 3.13. The Labute approximate surface area is 66.4 Å². The van der Waals surface area contributed by atoms with Crippen molar-refractivity contribution in [1.29, 1.82) is 0 Å². The Bertz CT molecular complexity index is 307. The number of hydrogen-bond acceptors (Lipinski definition) is 2. The van der Waals surface area contributed by atoms with Crippen LogP contribution in [-0.4, -0.2) is 5.16 Å². The smallest absolute Gasteiger partial charge is 0.351 e. The summed E-state index contributed by atoms with van der Waals surface area (Å²) in [5.74, 6) is 1.04. The van der Waals surface area contributed by atoms with Crippen molar-refractivity contribution >= 4 is 0 Å². The minimum absolute atomic E-state index is 0.0413. The highest BCUT2D eigenvalue weighted by Gasteiger charge is 2.35. The molecule has 0 N–H and O–H groups in total. The van der Waals surface area contributed by atoms with Crippen LogP contribution in [0.1, 0.15) is 11.5 Å². The highest BCUT2D eigenvalue weighted by Crippen LogP contribution is 2.29. The highest BCUT2D eigenvalue weighted by molar-refractivity contribution is 5.12. The Morgan fingerprint density at radius 3 is 2.67 bits per heavy atom. The van der Waals surface area contributed by atoms with E-state index in [-0.39, 0.29) is 12.1 Å². The molecule has 0 radical (unpaired) electrons. The van der Waals surface area contributed by atoms with E-state index in [1.54, 1.807) is 0 Å². The molecular formula is C7H4F3NO. The van der Waals surface area contributed by atoms with Crippen molar-refractivity contribution in [2.75, 3.05) is 0 Å². The van der Waals surface area contributed by atoms with Crippen molar-refractivity contribution in [1.82, 2.24) is 5.16 Å². The minimum atomic E-state index is -4.49. The lowest BCUT2D eigenvalue weighted by molar-refractivity contribution is -0.155. The van der Waals surface area contributed by atoms with Gasteiger partial charge in [0.15, 0.2) is 0 Å². The molecule has 0 aliphatic heterocycles. The molecule has 0 fully saturated rings. The normalized spacial score (nSPS) is 11.2. The van der Waals surface area contributed by atoms with E-state index in [0.717, 1.165) is 6.07 Å². The van der Waals surface area contributed by atoms with Gasteiger partial charge in [-0.2, -0.15) is 13.2 Å². The molecule has 2 nitrogen and oxygen atoms in total. The predicted octanol–water partition coefficient (Wildman–Crippen LogP) is 1.87. The van der Waals surface area contributed by atoms with E-state index in [4.69, 9.17) is 6.42 Å². The van der Waals surface area contributed by atoms with E-state index in [0.29, 0.717) is 0 Å². The van der Waals surface area contributed by atoms with Gasteiger partial charge in [-0.3, -0.25) is 0 Å². The number of aromatic nitrogens is 1. The summed E-state index contributed by atoms with van der Waals surface area (Å²) in [6.07, 6.45) is 0.421. The van der Waals surface area contributed by atoms with E-state index in [9.17, 15) is 13.2 Å². The minimum Gasteiger partial charge on any atom is -0.351 e. The van der Waals surface area contributed by atoms with Crippen LogP contribution >= 0.6 is 0 Å². The maximum atomic E-state index is 11.9. The van der Waals surface area contributed by atoms with E-state index in [2.05, 4.69) is 15.6 Å². The zero-order valence-corrected chi connectivity index (χ0v) is 5.85. The lowest BCUT2D eigenvalue weighted by atomic mass is 10.3. The van der Waals surface area contributed by atoms with Crippen molar-refractivity contribution in [3.8, 4) is 12.3 Å². The molecule has 0 saturated heterocycles. The molecule has 0 atom stereocenters. The molecule has 0 aromatic carbocycles. The van der Waals surface area contributed by atoms with Gasteiger partial charge in [-0.05, 0) is 0 Å². The summed E-state index contributed by atoms with van der Waals surface area (Å²) in [4.78, 5) is 0. The van der Waals surface area contributed by atoms with Crippen LogP contribution in [0.3, 0.4) is 0 Å². The molecule has 1 aromatic rings. The third kappa shape index (κ3) is 1.78. The zero-order valence-electron chi connectivity index (χ0n) is 5.85. The summed E-state index contributed by atoms with van der Waals surface area (Å²) in [6, 6.07) is 0.792. The molecule has 5 heteroatoms. The molecule has 0 unspecified atom stereocenters. The Hall–Kier alpha value is -1.44. The third-order valence-electron chi connectivity index (χ3n) is 1.12. The summed E-state index contributed by atoms with van der Waals surface area (Å²) in [7, 11) is 0. The van der Waals surface area contributed by atoms with Gasteiger partial charge in [0.25, 0.3) is 0 Å². The van der Waals surface area contributed by atoms with E-state index in [1.165, 1.54) is 0 Å². The van der Waals surface area contributed by atoms with Gasteiger partial charge in [0.1, 0.15) is 0 Å². The van der Waals surface area contributed by atoms with Crippen LogP contribution in [0.4, 0.5) is 13.2 Å². The van der Waals surface area contributed by atoms with Gasteiger partial charge in [0.2, 0.25) is 5.76 Å². The molecule has 0 amide bonds. The molecule has 1 rings (SSSR count). The summed E-state index contributed by atoms with van der Waals surface area (Å²) in [5.41, 5.74) is 0.116. The second kappa shape index (κ2) is 2.89. The van der Waals surface area contributed by atoms with Gasteiger partial charge in [0.05, 0.1) is 12.1 Å². The first-order chi connectivity index (χ1) is 5.54. The van der Waals surface area contributed by atoms with E-state index < -0.39 is 11.9 Å². The van der Waals surface area contributed by atoms with Crippen molar-refractivity contribution < 1.29 is 17.7 Å². The van der Waals surface area contributed by atoms with E-state index in [1.807, 2.05) is 0 Å². The fraction of sp³-hybridized carbons (Fsp3) is 0.286. The average Bonchev–Trinajstić information content (AvgIpc) is 2.35. The van der Waals surface area contributed by atoms with Crippen LogP contribution in [0.15, 0.2) is 10.6 Å². The molecule has 1 aromatic heterocycles. The lowest BCUT2D eigenvalue weighted by Crippen LogP contribution is -2.02. The van der Waals surface area contributed by atoms with Gasteiger partial charge >= 0.3 is 6.18 Å². The summed E-state index contributed by atoms with van der Waals surface area (Å²) < 4.78 is 39.6. The Kier molecular flexibility index (Phi) is 2.09. The van der Waals surface area contributed by atoms with Crippen molar-refractivity contribution in [3.05, 3.63) is 17.5 Å². The fourth-order valence-electron chi connectivity index (χ4n) is 0.633. The van der Waals surface area contributed by atoms with Gasteiger partial charge in [-0.1, -0.05) is 5.16 Å². The van der Waals surface area contributed by atoms with Crippen molar-refractivity contribution in [2.24, 2.45) is 0 Å². The molecule has 64 valence electrons. The molecule has 0 saturated carbocycles. The monoisotopic (exact) mass is 175 g/mol. The first kappa shape index (κ1) is 8.65. The maximum absolute atomic E-state index is 11.9. The molecule has 12 heavy (non-hydrogen) atoms. The Balaban J connectivity index is 2.86. The fourth-order valence-corrected chi connectivity index (χ4v) is 0.633. The molecule has 1 heterocycles. The second-order valence-corrected chi connectivity index (χ2v) is 2.06. The lowest BCUT2D eigenvalue weighted by Gasteiger charge is -1.97. The molecule has 0 bridgehead atoms. The van der Waals surface area contributed by atoms with Crippen LogP contribution in [-0.2, 0) is 12.6 Å². The average molecular weight is 175 g/mol. The van der Waals surface area contributed by atoms with Crippen LogP contribution in [0.5, 0.6) is 0 Å². The molecule has 0 aliphatic rings.